The van der Waals surface area contributed by atoms with Gasteiger partial charge in [0, 0.05) is 19.7 Å². The molecule has 0 radical (unpaired) electrons. The molecule has 0 aromatic rings. The Morgan fingerprint density at radius 3 is 2.39 bits per heavy atom. The van der Waals surface area contributed by atoms with Gasteiger partial charge in [-0.3, -0.25) is 9.69 Å². The number of rotatable bonds is 10. The van der Waals surface area contributed by atoms with E-state index in [0.29, 0.717) is 12.6 Å². The molecule has 0 aliphatic heterocycles. The molecule has 18 heavy (non-hydrogen) atoms. The summed E-state index contributed by atoms with van der Waals surface area (Å²) >= 11 is 0. The van der Waals surface area contributed by atoms with Crippen LogP contribution in [0, 0.1) is 0 Å². The van der Waals surface area contributed by atoms with Crippen LogP contribution in [0.2, 0.25) is 0 Å². The molecule has 0 bridgehead atoms. The second-order valence-corrected chi connectivity index (χ2v) is 4.67. The average Bonchev–Trinajstić information content (AvgIpc) is 2.40. The van der Waals surface area contributed by atoms with Crippen molar-refractivity contribution in [3.05, 3.63) is 0 Å². The van der Waals surface area contributed by atoms with Gasteiger partial charge in [0.15, 0.2) is 0 Å². The average molecular weight is 259 g/mol. The number of unbranched alkanes of at least 4 members (excludes halogenated alkanes) is 1. The minimum Gasteiger partial charge on any atom is -0.468 e. The topological polar surface area (TPSA) is 38.8 Å². The molecular weight excluding hydrogens is 230 g/mol. The van der Waals surface area contributed by atoms with E-state index in [4.69, 9.17) is 9.47 Å². The molecule has 108 valence electrons. The molecule has 0 aliphatic carbocycles. The number of ether oxygens (including phenoxy) is 2. The van der Waals surface area contributed by atoms with Crippen LogP contribution in [-0.2, 0) is 14.3 Å². The third-order valence-corrected chi connectivity index (χ3v) is 3.42. The summed E-state index contributed by atoms with van der Waals surface area (Å²) in [6, 6.07) is 0.223. The Balaban J connectivity index is 4.75. The molecule has 0 N–H and O–H groups in total. The molecule has 4 nitrogen and oxygen atoms in total. The molecule has 2 atom stereocenters. The van der Waals surface area contributed by atoms with Crippen LogP contribution in [0.1, 0.15) is 46.5 Å². The number of esters is 1. The number of hydrogen-bond donors (Lipinski definition) is 0. The number of carbonyl (C=O) groups excluding carboxylic acids is 1. The van der Waals surface area contributed by atoms with Crippen molar-refractivity contribution >= 4 is 5.97 Å². The highest BCUT2D eigenvalue weighted by atomic mass is 16.5. The summed E-state index contributed by atoms with van der Waals surface area (Å²) in [7, 11) is 3.15. The van der Waals surface area contributed by atoms with E-state index < -0.39 is 0 Å². The van der Waals surface area contributed by atoms with Crippen LogP contribution in [0.25, 0.3) is 0 Å². The summed E-state index contributed by atoms with van der Waals surface area (Å²) in [4.78, 5) is 14.2. The Bertz CT molecular complexity index is 221. The van der Waals surface area contributed by atoms with Gasteiger partial charge in [-0.25, -0.2) is 0 Å². The van der Waals surface area contributed by atoms with Crippen LogP contribution in [0.5, 0.6) is 0 Å². The number of carbonyl (C=O) groups is 1. The van der Waals surface area contributed by atoms with Crippen molar-refractivity contribution < 1.29 is 14.3 Å². The Morgan fingerprint density at radius 2 is 1.94 bits per heavy atom. The predicted octanol–water partition coefficient (Wildman–Crippen LogP) is 2.47. The fourth-order valence-corrected chi connectivity index (χ4v) is 2.07. The molecule has 0 rings (SSSR count). The van der Waals surface area contributed by atoms with Gasteiger partial charge in [-0.15, -0.1) is 0 Å². The normalized spacial score (nSPS) is 14.6. The smallest absolute Gasteiger partial charge is 0.323 e. The van der Waals surface area contributed by atoms with Crippen LogP contribution >= 0.6 is 0 Å². The third-order valence-electron chi connectivity index (χ3n) is 3.42. The molecular formula is C14H29NO3. The van der Waals surface area contributed by atoms with Crippen LogP contribution in [0.3, 0.4) is 0 Å². The zero-order chi connectivity index (χ0) is 14.0. The second-order valence-electron chi connectivity index (χ2n) is 4.67. The lowest BCUT2D eigenvalue weighted by Gasteiger charge is -2.34. The van der Waals surface area contributed by atoms with Crippen LogP contribution in [-0.4, -0.2) is 50.3 Å². The highest BCUT2D eigenvalue weighted by Crippen LogP contribution is 2.15. The van der Waals surface area contributed by atoms with E-state index in [1.54, 1.807) is 7.11 Å². The summed E-state index contributed by atoms with van der Waals surface area (Å²) in [5, 5.41) is 0. The summed E-state index contributed by atoms with van der Waals surface area (Å²) in [6.45, 7) is 7.84. The molecule has 4 heteroatoms. The van der Waals surface area contributed by atoms with Crippen molar-refractivity contribution in [3.8, 4) is 0 Å². The SMILES string of the molecule is CCCCC(C(=O)OC)N(CCOC)C(C)CC. The van der Waals surface area contributed by atoms with Gasteiger partial charge in [0.25, 0.3) is 0 Å². The Morgan fingerprint density at radius 1 is 1.28 bits per heavy atom. The molecule has 0 aliphatic rings. The molecule has 0 saturated carbocycles. The van der Waals surface area contributed by atoms with E-state index in [1.807, 2.05) is 0 Å². The quantitative estimate of drug-likeness (QED) is 0.565. The van der Waals surface area contributed by atoms with Crippen molar-refractivity contribution in [2.24, 2.45) is 0 Å². The molecule has 0 amide bonds. The summed E-state index contributed by atoms with van der Waals surface area (Å²) in [5.41, 5.74) is 0. The monoisotopic (exact) mass is 259 g/mol. The Kier molecular flexibility index (Phi) is 9.98. The summed E-state index contributed by atoms with van der Waals surface area (Å²) in [6.07, 6.45) is 4.01. The van der Waals surface area contributed by atoms with Gasteiger partial charge in [-0.05, 0) is 19.8 Å². The van der Waals surface area contributed by atoms with Crippen LogP contribution < -0.4 is 0 Å². The summed E-state index contributed by atoms with van der Waals surface area (Å²) < 4.78 is 10.1. The van der Waals surface area contributed by atoms with E-state index >= 15 is 0 Å². The van der Waals surface area contributed by atoms with E-state index in [9.17, 15) is 4.79 Å². The highest BCUT2D eigenvalue weighted by Gasteiger charge is 2.28. The molecule has 0 saturated heterocycles. The highest BCUT2D eigenvalue weighted by molar-refractivity contribution is 5.75. The first-order chi connectivity index (χ1) is 8.62. The zero-order valence-electron chi connectivity index (χ0n) is 12.6. The van der Waals surface area contributed by atoms with Gasteiger partial charge in [-0.2, -0.15) is 0 Å². The zero-order valence-corrected chi connectivity index (χ0v) is 12.6. The number of hydrogen-bond acceptors (Lipinski definition) is 4. The fourth-order valence-electron chi connectivity index (χ4n) is 2.07. The van der Waals surface area contributed by atoms with E-state index in [0.717, 1.165) is 32.2 Å². The largest absolute Gasteiger partial charge is 0.468 e. The molecule has 0 aromatic carbocycles. The second kappa shape index (κ2) is 10.3. The third kappa shape index (κ3) is 5.83. The molecule has 0 heterocycles. The van der Waals surface area contributed by atoms with Crippen molar-refractivity contribution in [1.29, 1.82) is 0 Å². The minimum atomic E-state index is -0.139. The van der Waals surface area contributed by atoms with E-state index in [2.05, 4.69) is 25.7 Å². The molecule has 0 fully saturated rings. The first kappa shape index (κ1) is 17.4. The Hall–Kier alpha value is -0.610. The van der Waals surface area contributed by atoms with E-state index in [-0.39, 0.29) is 12.0 Å². The predicted molar refractivity (Wildman–Crippen MR) is 73.7 cm³/mol. The number of nitrogens with zero attached hydrogens (tertiary/aromatic N) is 1. The molecule has 0 aromatic heterocycles. The minimum absolute atomic E-state index is 0.125. The van der Waals surface area contributed by atoms with Gasteiger partial charge in [0.2, 0.25) is 0 Å². The van der Waals surface area contributed by atoms with Crippen molar-refractivity contribution in [1.82, 2.24) is 4.90 Å². The Labute approximate surface area is 112 Å². The van der Waals surface area contributed by atoms with Gasteiger partial charge in [0.05, 0.1) is 13.7 Å². The first-order valence-electron chi connectivity index (χ1n) is 6.94. The molecule has 0 spiro atoms. The fraction of sp³-hybridized carbons (Fsp3) is 0.929. The molecule has 2 unspecified atom stereocenters. The maximum atomic E-state index is 11.9. The van der Waals surface area contributed by atoms with Gasteiger partial charge >= 0.3 is 5.97 Å². The van der Waals surface area contributed by atoms with Gasteiger partial charge in [-0.1, -0.05) is 26.7 Å². The van der Waals surface area contributed by atoms with Crippen LogP contribution in [0.4, 0.5) is 0 Å². The lowest BCUT2D eigenvalue weighted by atomic mass is 10.1. The lowest BCUT2D eigenvalue weighted by molar-refractivity contribution is -0.148. The maximum Gasteiger partial charge on any atom is 0.323 e. The standard InChI is InChI=1S/C14H29NO3/c1-6-8-9-13(14(16)18-5)15(10-11-17-4)12(3)7-2/h12-13H,6-11H2,1-5H3. The van der Waals surface area contributed by atoms with Crippen molar-refractivity contribution in [2.75, 3.05) is 27.4 Å². The maximum absolute atomic E-state index is 11.9. The van der Waals surface area contributed by atoms with Gasteiger partial charge in [0.1, 0.15) is 6.04 Å². The lowest BCUT2D eigenvalue weighted by Crippen LogP contribution is -2.48. The summed E-state index contributed by atoms with van der Waals surface area (Å²) in [5.74, 6) is -0.125. The van der Waals surface area contributed by atoms with Gasteiger partial charge < -0.3 is 9.47 Å². The van der Waals surface area contributed by atoms with Crippen LogP contribution in [0.15, 0.2) is 0 Å². The van der Waals surface area contributed by atoms with Crippen molar-refractivity contribution in [3.63, 3.8) is 0 Å². The van der Waals surface area contributed by atoms with Crippen molar-refractivity contribution in [2.45, 2.75) is 58.5 Å². The number of methoxy groups -OCH3 is 2. The van der Waals surface area contributed by atoms with E-state index in [1.165, 1.54) is 7.11 Å². The first-order valence-corrected chi connectivity index (χ1v) is 6.94.